The Kier molecular flexibility index (Phi) is 15.3. The van der Waals surface area contributed by atoms with Crippen LogP contribution in [0.4, 0.5) is 0 Å². The van der Waals surface area contributed by atoms with Gasteiger partial charge in [-0.1, -0.05) is 196 Å². The lowest BCUT2D eigenvalue weighted by molar-refractivity contribution is -0.147. The molecule has 3 aromatic heterocycles. The molecule has 3 aliphatic rings. The number of imidazole rings is 2. The minimum Gasteiger partial charge on any atom is -0.465 e. The summed E-state index contributed by atoms with van der Waals surface area (Å²) in [5, 5.41) is 6.58. The first-order chi connectivity index (χ1) is 37.9. The molecule has 0 saturated carbocycles. The molecule has 5 N–H and O–H groups in total. The zero-order valence-electron chi connectivity index (χ0n) is 42.6. The van der Waals surface area contributed by atoms with Crippen molar-refractivity contribution in [3.05, 3.63) is 263 Å². The Morgan fingerprint density at radius 3 is 1.74 bits per heavy atom. The van der Waals surface area contributed by atoms with Gasteiger partial charge in [-0.15, -0.1) is 11.3 Å². The molecular formula is C68H62N6O3S. The second-order valence-corrected chi connectivity index (χ2v) is 21.0. The highest BCUT2D eigenvalue weighted by Gasteiger charge is 2.32. The normalized spacial score (nSPS) is 14.1. The van der Waals surface area contributed by atoms with E-state index in [1.165, 1.54) is 44.5 Å². The summed E-state index contributed by atoms with van der Waals surface area (Å²) in [5.74, 6) is 0.217. The van der Waals surface area contributed by atoms with Gasteiger partial charge in [-0.25, -0.2) is 9.97 Å². The van der Waals surface area contributed by atoms with Gasteiger partial charge in [-0.05, 0) is 115 Å². The number of carbonyl (C=O) groups excluding carboxylic acids is 2. The summed E-state index contributed by atoms with van der Waals surface area (Å²) >= 11 is 1.66. The molecule has 0 spiro atoms. The number of hydrogen-bond acceptors (Lipinski definition) is 7. The predicted octanol–water partition coefficient (Wildman–Crippen LogP) is 14.8. The first kappa shape index (κ1) is 51.4. The van der Waals surface area contributed by atoms with Crippen LogP contribution in [0.3, 0.4) is 0 Å². The van der Waals surface area contributed by atoms with Crippen LogP contribution in [-0.4, -0.2) is 38.4 Å². The maximum Gasteiger partial charge on any atom is 0.306 e. The highest BCUT2D eigenvalue weighted by molar-refractivity contribution is 7.17. The van der Waals surface area contributed by atoms with Crippen LogP contribution in [0.15, 0.2) is 212 Å². The third kappa shape index (κ3) is 11.0. The van der Waals surface area contributed by atoms with E-state index in [2.05, 4.69) is 135 Å². The van der Waals surface area contributed by atoms with Crippen molar-refractivity contribution in [2.45, 2.75) is 64.0 Å². The van der Waals surface area contributed by atoms with Gasteiger partial charge in [0.25, 0.3) is 0 Å². The molecule has 0 radical (unpaired) electrons. The van der Waals surface area contributed by atoms with E-state index in [1.54, 1.807) is 11.3 Å². The number of benzene rings is 7. The second kappa shape index (κ2) is 23.3. The number of thiophene rings is 1. The van der Waals surface area contributed by atoms with Crippen LogP contribution in [0.2, 0.25) is 0 Å². The van der Waals surface area contributed by atoms with Crippen molar-refractivity contribution in [1.29, 1.82) is 0 Å². The average molecular weight is 1040 g/mol. The van der Waals surface area contributed by atoms with Crippen LogP contribution >= 0.6 is 11.3 Å². The van der Waals surface area contributed by atoms with E-state index in [0.29, 0.717) is 18.7 Å². The number of aromatic amines is 2. The lowest BCUT2D eigenvalue weighted by Gasteiger charge is -2.23. The van der Waals surface area contributed by atoms with Crippen molar-refractivity contribution < 1.29 is 14.3 Å². The molecule has 0 fully saturated rings. The standard InChI is InChI=1S/C47H39N3O3S.C20H19N3.CH4/c51-45(53-28-41-39-19-8-6-17-37(39)38-18-7-9-20-40(38)41)26-33(24-34-29-54-44-21-11-10-16-36(34)44)47(52)50-42(25-32-23-22-30-12-4-5-15-35(30)32)46-48-27-43(49-46)31-13-2-1-3-14-31;21-18(12-16-11-10-14-6-4-5-9-17(14)16)20-22-13-19(23-20)15-7-2-1-3-8-15;/h1-21,23,27,29,33,41-42H,22,24-26,28H2,(H,48,49)(H,50,52);1-9,11,13,18H,10,12,21H2,(H,22,23);1H4/t33-,42+;18-;/m01./s1. The molecule has 388 valence electrons. The Hall–Kier alpha value is -8.70. The molecule has 10 aromatic rings. The fourth-order valence-corrected chi connectivity index (χ4v) is 12.3. The number of rotatable bonds is 16. The van der Waals surface area contributed by atoms with Crippen molar-refractivity contribution in [3.8, 4) is 33.6 Å². The van der Waals surface area contributed by atoms with Crippen molar-refractivity contribution in [2.24, 2.45) is 11.7 Å². The molecule has 9 nitrogen and oxygen atoms in total. The Balaban J connectivity index is 0.000000224. The van der Waals surface area contributed by atoms with E-state index in [-0.39, 0.29) is 44.3 Å². The molecule has 0 unspecified atom stereocenters. The van der Waals surface area contributed by atoms with Crippen molar-refractivity contribution in [3.63, 3.8) is 0 Å². The summed E-state index contributed by atoms with van der Waals surface area (Å²) in [6.07, 6.45) is 11.8. The van der Waals surface area contributed by atoms with Gasteiger partial charge in [0.05, 0.1) is 48.2 Å². The number of nitrogens with zero attached hydrogens (tertiary/aromatic N) is 2. The lowest BCUT2D eigenvalue weighted by atomic mass is 9.93. The Bertz CT molecular complexity index is 3750. The summed E-state index contributed by atoms with van der Waals surface area (Å²) in [7, 11) is 0. The molecular weight excluding hydrogens is 981 g/mol. The second-order valence-electron chi connectivity index (χ2n) is 20.1. The van der Waals surface area contributed by atoms with Gasteiger partial charge < -0.3 is 25.8 Å². The van der Waals surface area contributed by atoms with Crippen LogP contribution < -0.4 is 11.1 Å². The molecule has 0 saturated heterocycles. The maximum atomic E-state index is 14.6. The number of fused-ring (bicyclic) bond motifs is 6. The van der Waals surface area contributed by atoms with Gasteiger partial charge in [0.1, 0.15) is 18.3 Å². The minimum atomic E-state index is -0.658. The molecule has 3 atom stereocenters. The van der Waals surface area contributed by atoms with E-state index >= 15 is 0 Å². The SMILES string of the molecule is C.N[C@H](CC1=CCc2ccccc21)c1ncc(-c2ccccc2)[nH]1.O=C(C[C@H](Cc1csc2ccccc12)C(=O)N[C@H](CC1=CCc2ccccc21)c1ncc(-c2ccccc2)[nH]1)OCC1c2ccccc2-c2ccccc21. The lowest BCUT2D eigenvalue weighted by Crippen LogP contribution is -2.37. The van der Waals surface area contributed by atoms with Crippen molar-refractivity contribution in [2.75, 3.05) is 6.61 Å². The molecule has 1 amide bonds. The average Bonchev–Trinajstić information content (AvgIpc) is 4.40. The molecule has 7 aromatic carbocycles. The fourth-order valence-electron chi connectivity index (χ4n) is 11.3. The van der Waals surface area contributed by atoms with Gasteiger partial charge >= 0.3 is 5.97 Å². The third-order valence-electron chi connectivity index (χ3n) is 15.3. The number of nitrogens with one attached hydrogen (secondary N) is 3. The molecule has 3 heterocycles. The van der Waals surface area contributed by atoms with Gasteiger partial charge in [-0.3, -0.25) is 9.59 Å². The van der Waals surface area contributed by atoms with Gasteiger partial charge in [0.2, 0.25) is 5.91 Å². The largest absolute Gasteiger partial charge is 0.465 e. The number of esters is 1. The topological polar surface area (TPSA) is 139 Å². The van der Waals surface area contributed by atoms with E-state index < -0.39 is 12.0 Å². The summed E-state index contributed by atoms with van der Waals surface area (Å²) in [4.78, 5) is 44.6. The highest BCUT2D eigenvalue weighted by Crippen LogP contribution is 2.45. The molecule has 13 rings (SSSR count). The van der Waals surface area contributed by atoms with Gasteiger partial charge in [0.15, 0.2) is 0 Å². The van der Waals surface area contributed by atoms with E-state index in [1.807, 2.05) is 97.3 Å². The predicted molar refractivity (Wildman–Crippen MR) is 316 cm³/mol. The quantitative estimate of drug-likeness (QED) is 0.0711. The number of aromatic nitrogens is 4. The Morgan fingerprint density at radius 1 is 0.603 bits per heavy atom. The molecule has 0 aliphatic heterocycles. The summed E-state index contributed by atoms with van der Waals surface area (Å²) in [5.41, 5.74) is 23.8. The van der Waals surface area contributed by atoms with Crippen LogP contribution in [0.25, 0.3) is 54.9 Å². The molecule has 0 bridgehead atoms. The zero-order chi connectivity index (χ0) is 52.1. The molecule has 78 heavy (non-hydrogen) atoms. The minimum absolute atomic E-state index is 0. The number of amides is 1. The highest BCUT2D eigenvalue weighted by atomic mass is 32.1. The molecule has 3 aliphatic carbocycles. The van der Waals surface area contributed by atoms with E-state index in [4.69, 9.17) is 15.5 Å². The van der Waals surface area contributed by atoms with Crippen LogP contribution in [0.5, 0.6) is 0 Å². The number of H-pyrrole nitrogens is 2. The number of carbonyl (C=O) groups is 2. The van der Waals surface area contributed by atoms with Gasteiger partial charge in [0, 0.05) is 17.0 Å². The summed E-state index contributed by atoms with van der Waals surface area (Å²) in [6, 6.07) is 61.5. The van der Waals surface area contributed by atoms with Crippen LogP contribution in [0, 0.1) is 5.92 Å². The van der Waals surface area contributed by atoms with E-state index in [0.717, 1.165) is 74.4 Å². The zero-order valence-corrected chi connectivity index (χ0v) is 43.4. The first-order valence-corrected chi connectivity index (χ1v) is 27.4. The number of nitrogens with two attached hydrogens (primary N) is 1. The Labute approximate surface area is 460 Å². The van der Waals surface area contributed by atoms with Crippen molar-refractivity contribution >= 4 is 44.4 Å². The van der Waals surface area contributed by atoms with Gasteiger partial charge in [-0.2, -0.15) is 0 Å². The molecule has 10 heteroatoms. The third-order valence-corrected chi connectivity index (χ3v) is 16.3. The summed E-state index contributed by atoms with van der Waals surface area (Å²) < 4.78 is 7.23. The van der Waals surface area contributed by atoms with E-state index in [9.17, 15) is 9.59 Å². The van der Waals surface area contributed by atoms with Crippen molar-refractivity contribution in [1.82, 2.24) is 25.3 Å². The fraction of sp³-hybridized carbons (Fsp3) is 0.176. The number of ether oxygens (including phenoxy) is 1. The monoisotopic (exact) mass is 1040 g/mol. The van der Waals surface area contributed by atoms with Crippen LogP contribution in [0.1, 0.15) is 95.3 Å². The Morgan fingerprint density at radius 2 is 1.12 bits per heavy atom. The number of hydrogen-bond donors (Lipinski definition) is 4. The summed E-state index contributed by atoms with van der Waals surface area (Å²) in [6.45, 7) is 0.216. The van der Waals surface area contributed by atoms with Crippen LogP contribution in [-0.2, 0) is 33.6 Å². The number of allylic oxidation sites excluding steroid dienone is 2. The first-order valence-electron chi connectivity index (χ1n) is 26.5. The maximum absolute atomic E-state index is 14.6. The smallest absolute Gasteiger partial charge is 0.306 e.